The van der Waals surface area contributed by atoms with Crippen molar-refractivity contribution in [1.29, 1.82) is 0 Å². The molecule has 0 aliphatic carbocycles. The summed E-state index contributed by atoms with van der Waals surface area (Å²) in [5.41, 5.74) is -1.82. The van der Waals surface area contributed by atoms with Crippen LogP contribution in [0.5, 0.6) is 0 Å². The number of rotatable bonds is 14. The van der Waals surface area contributed by atoms with E-state index in [1.807, 2.05) is 6.92 Å². The first kappa shape index (κ1) is 26.7. The molecule has 2 amide bonds. The number of esters is 1. The van der Waals surface area contributed by atoms with E-state index in [0.717, 1.165) is 25.7 Å². The monoisotopic (exact) mass is 478 g/mol. The van der Waals surface area contributed by atoms with Crippen LogP contribution in [-0.4, -0.2) is 82.8 Å². The molecular weight excluding hydrogens is 436 g/mol. The summed E-state index contributed by atoms with van der Waals surface area (Å²) in [7, 11) is 0. The Morgan fingerprint density at radius 2 is 2.00 bits per heavy atom. The largest absolute Gasteiger partial charge is 0.466 e. The molecule has 3 heterocycles. The standard InChI is InChI=1S/C26H42N2O6/c1-5-8-10-16-27(15-6-2)23(31)21-26-14-13-25(4,34-26)20(24(32)33-7-3)19(26)22(30)28(21)17-11-9-12-18-29/h6,19-21,29H,2,5,7-18H2,1,3-4H3/t19-,20+,21?,25-,26?/m0/s1. The highest BCUT2D eigenvalue weighted by Crippen LogP contribution is 2.63. The first-order chi connectivity index (χ1) is 16.3. The zero-order chi connectivity index (χ0) is 24.9. The zero-order valence-corrected chi connectivity index (χ0v) is 21.1. The lowest BCUT2D eigenvalue weighted by Crippen LogP contribution is -2.56. The third kappa shape index (κ3) is 4.63. The fraction of sp³-hybridized carbons (Fsp3) is 0.808. The van der Waals surface area contributed by atoms with Crippen LogP contribution in [0.1, 0.15) is 72.1 Å². The Kier molecular flexibility index (Phi) is 8.79. The number of aliphatic hydroxyl groups excluding tert-OH is 1. The van der Waals surface area contributed by atoms with Gasteiger partial charge in [0.2, 0.25) is 11.8 Å². The lowest BCUT2D eigenvalue weighted by molar-refractivity contribution is -0.160. The predicted molar refractivity (Wildman–Crippen MR) is 128 cm³/mol. The average molecular weight is 479 g/mol. The topological polar surface area (TPSA) is 96.4 Å². The molecule has 192 valence electrons. The van der Waals surface area contributed by atoms with Crippen molar-refractivity contribution in [1.82, 2.24) is 9.80 Å². The van der Waals surface area contributed by atoms with Gasteiger partial charge in [-0.3, -0.25) is 14.4 Å². The molecule has 0 saturated carbocycles. The van der Waals surface area contributed by atoms with E-state index in [1.165, 1.54) is 0 Å². The highest BCUT2D eigenvalue weighted by atomic mass is 16.6. The minimum atomic E-state index is -1.01. The minimum Gasteiger partial charge on any atom is -0.466 e. The molecule has 2 unspecified atom stereocenters. The molecule has 3 saturated heterocycles. The van der Waals surface area contributed by atoms with Crippen molar-refractivity contribution in [3.8, 4) is 0 Å². The molecule has 0 aromatic heterocycles. The van der Waals surface area contributed by atoms with E-state index in [4.69, 9.17) is 14.6 Å². The second-order valence-electron chi connectivity index (χ2n) is 10.1. The number of hydrogen-bond donors (Lipinski definition) is 1. The van der Waals surface area contributed by atoms with E-state index < -0.39 is 35.0 Å². The second-order valence-corrected chi connectivity index (χ2v) is 10.1. The van der Waals surface area contributed by atoms with Crippen molar-refractivity contribution in [3.63, 3.8) is 0 Å². The molecule has 5 atom stereocenters. The van der Waals surface area contributed by atoms with Gasteiger partial charge in [0.25, 0.3) is 0 Å². The number of ether oxygens (including phenoxy) is 2. The van der Waals surface area contributed by atoms with Crippen molar-refractivity contribution in [2.45, 2.75) is 89.4 Å². The molecule has 1 N–H and O–H groups in total. The van der Waals surface area contributed by atoms with Crippen LogP contribution in [0.2, 0.25) is 0 Å². The Balaban J connectivity index is 1.96. The Labute approximate surface area is 203 Å². The van der Waals surface area contributed by atoms with Gasteiger partial charge < -0.3 is 24.4 Å². The Hall–Kier alpha value is -1.93. The molecule has 3 rings (SSSR count). The molecule has 0 radical (unpaired) electrons. The molecule has 1 spiro atoms. The van der Waals surface area contributed by atoms with Crippen LogP contribution in [-0.2, 0) is 23.9 Å². The summed E-state index contributed by atoms with van der Waals surface area (Å²) >= 11 is 0. The number of hydrogen-bond acceptors (Lipinski definition) is 6. The predicted octanol–water partition coefficient (Wildman–Crippen LogP) is 2.68. The normalized spacial score (nSPS) is 31.6. The van der Waals surface area contributed by atoms with Gasteiger partial charge in [0.05, 0.1) is 18.1 Å². The molecule has 8 heteroatoms. The van der Waals surface area contributed by atoms with Gasteiger partial charge >= 0.3 is 5.97 Å². The van der Waals surface area contributed by atoms with Crippen molar-refractivity contribution < 1.29 is 29.0 Å². The first-order valence-corrected chi connectivity index (χ1v) is 13.0. The van der Waals surface area contributed by atoms with Gasteiger partial charge in [-0.2, -0.15) is 0 Å². The van der Waals surface area contributed by atoms with E-state index >= 15 is 0 Å². The molecule has 2 bridgehead atoms. The van der Waals surface area contributed by atoms with Crippen molar-refractivity contribution in [3.05, 3.63) is 12.7 Å². The summed E-state index contributed by atoms with van der Waals surface area (Å²) in [6.07, 6.45) is 7.92. The van der Waals surface area contributed by atoms with Crippen molar-refractivity contribution in [2.24, 2.45) is 11.8 Å². The van der Waals surface area contributed by atoms with E-state index in [2.05, 4.69) is 13.5 Å². The third-order valence-corrected chi connectivity index (χ3v) is 7.80. The Morgan fingerprint density at radius 3 is 2.65 bits per heavy atom. The lowest BCUT2D eigenvalue weighted by Gasteiger charge is -2.37. The van der Waals surface area contributed by atoms with Crippen LogP contribution >= 0.6 is 0 Å². The van der Waals surface area contributed by atoms with Crippen molar-refractivity contribution in [2.75, 3.05) is 32.8 Å². The number of fused-ring (bicyclic) bond motifs is 1. The SMILES string of the molecule is C=CCN(CCCCC)C(=O)C1N(CCCCCO)C(=O)[C@@H]2[C@H](C(=O)OCC)[C@]3(C)CCC12O3. The van der Waals surface area contributed by atoms with Gasteiger partial charge in [-0.15, -0.1) is 6.58 Å². The molecular formula is C26H42N2O6. The van der Waals surface area contributed by atoms with E-state index in [1.54, 1.807) is 22.8 Å². The van der Waals surface area contributed by atoms with Crippen LogP contribution in [0.15, 0.2) is 12.7 Å². The number of likely N-dealkylation sites (tertiary alicyclic amines) is 1. The van der Waals surface area contributed by atoms with Crippen LogP contribution in [0.25, 0.3) is 0 Å². The van der Waals surface area contributed by atoms with Gasteiger partial charge in [0.15, 0.2) is 0 Å². The van der Waals surface area contributed by atoms with Crippen LogP contribution in [0.4, 0.5) is 0 Å². The van der Waals surface area contributed by atoms with Crippen molar-refractivity contribution >= 4 is 17.8 Å². The maximum absolute atomic E-state index is 14.1. The Morgan fingerprint density at radius 1 is 1.24 bits per heavy atom. The summed E-state index contributed by atoms with van der Waals surface area (Å²) in [6.45, 7) is 11.3. The van der Waals surface area contributed by atoms with Gasteiger partial charge in [-0.05, 0) is 52.4 Å². The number of carbonyl (C=O) groups is 3. The lowest BCUT2D eigenvalue weighted by atomic mass is 9.66. The number of aliphatic hydroxyl groups is 1. The fourth-order valence-corrected chi connectivity index (χ4v) is 6.28. The van der Waals surface area contributed by atoms with E-state index in [0.29, 0.717) is 45.3 Å². The number of amides is 2. The van der Waals surface area contributed by atoms with Gasteiger partial charge in [-0.25, -0.2) is 0 Å². The average Bonchev–Trinajstić information content (AvgIpc) is 3.37. The second kappa shape index (κ2) is 11.2. The highest BCUT2D eigenvalue weighted by molar-refractivity contribution is 5.98. The summed E-state index contributed by atoms with van der Waals surface area (Å²) in [5.74, 6) is -2.14. The summed E-state index contributed by atoms with van der Waals surface area (Å²) in [6, 6.07) is -0.762. The first-order valence-electron chi connectivity index (χ1n) is 13.0. The third-order valence-electron chi connectivity index (χ3n) is 7.80. The van der Waals surface area contributed by atoms with Gasteiger partial charge in [-0.1, -0.05) is 25.8 Å². The van der Waals surface area contributed by atoms with Crippen LogP contribution in [0, 0.1) is 11.8 Å². The van der Waals surface area contributed by atoms with E-state index in [9.17, 15) is 14.4 Å². The van der Waals surface area contributed by atoms with Crippen LogP contribution < -0.4 is 0 Å². The minimum absolute atomic E-state index is 0.0970. The highest BCUT2D eigenvalue weighted by Gasteiger charge is 2.78. The smallest absolute Gasteiger partial charge is 0.312 e. The molecule has 8 nitrogen and oxygen atoms in total. The zero-order valence-electron chi connectivity index (χ0n) is 21.1. The molecule has 3 aliphatic heterocycles. The van der Waals surface area contributed by atoms with Gasteiger partial charge in [0.1, 0.15) is 17.6 Å². The van der Waals surface area contributed by atoms with E-state index in [-0.39, 0.29) is 25.0 Å². The molecule has 0 aromatic carbocycles. The molecule has 3 fully saturated rings. The maximum Gasteiger partial charge on any atom is 0.312 e. The van der Waals surface area contributed by atoms with Crippen LogP contribution in [0.3, 0.4) is 0 Å². The fourth-order valence-electron chi connectivity index (χ4n) is 6.28. The maximum atomic E-state index is 14.1. The van der Waals surface area contributed by atoms with Gasteiger partial charge in [0, 0.05) is 26.2 Å². The quantitative estimate of drug-likeness (QED) is 0.234. The summed E-state index contributed by atoms with van der Waals surface area (Å²) < 4.78 is 12.0. The number of nitrogens with zero attached hydrogens (tertiary/aromatic N) is 2. The Bertz CT molecular complexity index is 772. The summed E-state index contributed by atoms with van der Waals surface area (Å²) in [4.78, 5) is 44.4. The number of carbonyl (C=O) groups excluding carboxylic acids is 3. The molecule has 3 aliphatic rings. The number of unbranched alkanes of at least 4 members (excludes halogenated alkanes) is 4. The summed E-state index contributed by atoms with van der Waals surface area (Å²) in [5, 5.41) is 9.15. The molecule has 0 aromatic rings. The molecule has 34 heavy (non-hydrogen) atoms.